The Hall–Kier alpha value is -4.45. The van der Waals surface area contributed by atoms with Gasteiger partial charge in [-0.15, -0.1) is 0 Å². The molecule has 0 saturated heterocycles. The summed E-state index contributed by atoms with van der Waals surface area (Å²) in [7, 11) is 1.61. The second-order valence-corrected chi connectivity index (χ2v) is 7.28. The van der Waals surface area contributed by atoms with E-state index < -0.39 is 0 Å². The fraction of sp³-hybridized carbons (Fsp3) is 0.0385. The molecule has 2 aromatic heterocycles. The zero-order chi connectivity index (χ0) is 21.9. The maximum Gasteiger partial charge on any atom is 0.255 e. The van der Waals surface area contributed by atoms with Crippen molar-refractivity contribution in [2.24, 2.45) is 0 Å². The predicted molar refractivity (Wildman–Crippen MR) is 126 cm³/mol. The van der Waals surface area contributed by atoms with E-state index >= 15 is 0 Å². The van der Waals surface area contributed by atoms with Gasteiger partial charge in [-0.2, -0.15) is 0 Å². The van der Waals surface area contributed by atoms with Gasteiger partial charge in [0.15, 0.2) is 0 Å². The molecule has 156 valence electrons. The number of hydrogen-bond acceptors (Lipinski definition) is 4. The molecule has 6 heteroatoms. The Morgan fingerprint density at radius 1 is 0.906 bits per heavy atom. The summed E-state index contributed by atoms with van der Waals surface area (Å²) in [4.78, 5) is 24.9. The van der Waals surface area contributed by atoms with Crippen LogP contribution < -0.4 is 10.1 Å². The van der Waals surface area contributed by atoms with Crippen LogP contribution in [0.1, 0.15) is 10.4 Å². The molecule has 0 fully saturated rings. The van der Waals surface area contributed by atoms with Crippen molar-refractivity contribution < 1.29 is 9.53 Å². The maximum atomic E-state index is 12.9. The van der Waals surface area contributed by atoms with E-state index in [4.69, 9.17) is 4.74 Å². The van der Waals surface area contributed by atoms with Gasteiger partial charge in [-0.3, -0.25) is 9.78 Å². The molecular formula is C26H20N4O2. The Balaban J connectivity index is 1.37. The molecule has 0 unspecified atom stereocenters. The molecule has 32 heavy (non-hydrogen) atoms. The molecule has 0 spiro atoms. The lowest BCUT2D eigenvalue weighted by molar-refractivity contribution is 0.102. The minimum absolute atomic E-state index is 0.195. The molecule has 1 amide bonds. The van der Waals surface area contributed by atoms with Gasteiger partial charge in [0.1, 0.15) is 11.6 Å². The van der Waals surface area contributed by atoms with Crippen molar-refractivity contribution in [3.63, 3.8) is 0 Å². The van der Waals surface area contributed by atoms with Gasteiger partial charge in [-0.25, -0.2) is 4.98 Å². The number of anilines is 1. The van der Waals surface area contributed by atoms with E-state index in [1.165, 1.54) is 0 Å². The fourth-order valence-electron chi connectivity index (χ4n) is 3.61. The van der Waals surface area contributed by atoms with E-state index in [0.717, 1.165) is 33.5 Å². The zero-order valence-corrected chi connectivity index (χ0v) is 17.4. The van der Waals surface area contributed by atoms with E-state index in [-0.39, 0.29) is 5.91 Å². The van der Waals surface area contributed by atoms with E-state index in [9.17, 15) is 4.79 Å². The van der Waals surface area contributed by atoms with Crippen LogP contribution in [0.2, 0.25) is 0 Å². The number of hydrogen-bond donors (Lipinski definition) is 2. The van der Waals surface area contributed by atoms with Gasteiger partial charge >= 0.3 is 0 Å². The number of rotatable bonds is 5. The Bertz CT molecular complexity index is 1360. The monoisotopic (exact) mass is 420 g/mol. The largest absolute Gasteiger partial charge is 0.496 e. The van der Waals surface area contributed by atoms with Gasteiger partial charge < -0.3 is 15.0 Å². The highest BCUT2D eigenvalue weighted by Gasteiger charge is 2.13. The Morgan fingerprint density at radius 2 is 1.69 bits per heavy atom. The standard InChI is InChI=1S/C26H20N4O2/c1-32-24-11-8-19(16-21(24)17-12-14-27-15-13-17)26(31)28-20-9-6-18(7-10-20)25-29-22-4-2-3-5-23(22)30-25/h2-16H,1H3,(H,28,31)(H,29,30). The third-order valence-corrected chi connectivity index (χ3v) is 5.26. The van der Waals surface area contributed by atoms with Crippen molar-refractivity contribution in [2.45, 2.75) is 0 Å². The van der Waals surface area contributed by atoms with E-state index in [1.807, 2.05) is 66.7 Å². The first kappa shape index (κ1) is 19.5. The number of aromatic amines is 1. The number of ether oxygens (including phenoxy) is 1. The minimum atomic E-state index is -0.195. The molecule has 0 radical (unpaired) electrons. The molecule has 0 aliphatic carbocycles. The summed E-state index contributed by atoms with van der Waals surface area (Å²) in [5, 5.41) is 2.96. The number of carbonyl (C=O) groups is 1. The maximum absolute atomic E-state index is 12.9. The number of benzene rings is 3. The number of fused-ring (bicyclic) bond motifs is 1. The summed E-state index contributed by atoms with van der Waals surface area (Å²) < 4.78 is 5.47. The van der Waals surface area contributed by atoms with E-state index in [2.05, 4.69) is 20.3 Å². The fourth-order valence-corrected chi connectivity index (χ4v) is 3.61. The first-order valence-electron chi connectivity index (χ1n) is 10.2. The Kier molecular flexibility index (Phi) is 5.09. The molecule has 0 atom stereocenters. The number of pyridine rings is 1. The Morgan fingerprint density at radius 3 is 2.44 bits per heavy atom. The van der Waals surface area contributed by atoms with Crippen LogP contribution in [0, 0.1) is 0 Å². The van der Waals surface area contributed by atoms with Crippen LogP contribution in [0.25, 0.3) is 33.5 Å². The average molecular weight is 420 g/mol. The van der Waals surface area contributed by atoms with Crippen molar-refractivity contribution >= 4 is 22.6 Å². The molecule has 0 bridgehead atoms. The number of aromatic nitrogens is 3. The number of methoxy groups -OCH3 is 1. The minimum Gasteiger partial charge on any atom is -0.496 e. The van der Waals surface area contributed by atoms with E-state index in [0.29, 0.717) is 17.0 Å². The number of imidazole rings is 1. The summed E-state index contributed by atoms with van der Waals surface area (Å²) in [6.07, 6.45) is 3.43. The lowest BCUT2D eigenvalue weighted by Crippen LogP contribution is -2.12. The van der Waals surface area contributed by atoms with E-state index in [1.54, 1.807) is 31.6 Å². The van der Waals surface area contributed by atoms with Crippen LogP contribution in [0.3, 0.4) is 0 Å². The highest BCUT2D eigenvalue weighted by molar-refractivity contribution is 6.05. The number of nitrogens with zero attached hydrogens (tertiary/aromatic N) is 2. The molecule has 0 aliphatic heterocycles. The molecule has 2 heterocycles. The third kappa shape index (κ3) is 3.81. The summed E-state index contributed by atoms with van der Waals surface area (Å²) in [5.74, 6) is 1.30. The smallest absolute Gasteiger partial charge is 0.255 e. The highest BCUT2D eigenvalue weighted by atomic mass is 16.5. The molecule has 6 nitrogen and oxygen atoms in total. The molecule has 5 aromatic rings. The highest BCUT2D eigenvalue weighted by Crippen LogP contribution is 2.31. The molecular weight excluding hydrogens is 400 g/mol. The number of nitrogens with one attached hydrogen (secondary N) is 2. The van der Waals surface area contributed by atoms with Crippen molar-refractivity contribution in [1.82, 2.24) is 15.0 Å². The van der Waals surface area contributed by atoms with Crippen LogP contribution in [0.4, 0.5) is 5.69 Å². The van der Waals surface area contributed by atoms with Gasteiger partial charge in [-0.05, 0) is 72.3 Å². The third-order valence-electron chi connectivity index (χ3n) is 5.26. The van der Waals surface area contributed by atoms with Crippen molar-refractivity contribution in [2.75, 3.05) is 12.4 Å². The number of H-pyrrole nitrogens is 1. The Labute approximate surface area is 184 Å². The molecule has 0 saturated carbocycles. The summed E-state index contributed by atoms with van der Waals surface area (Å²) in [5.41, 5.74) is 5.87. The number of para-hydroxylation sites is 2. The normalized spacial score (nSPS) is 10.8. The quantitative estimate of drug-likeness (QED) is 0.390. The van der Waals surface area contributed by atoms with Crippen molar-refractivity contribution in [1.29, 1.82) is 0 Å². The number of carbonyl (C=O) groups excluding carboxylic acids is 1. The van der Waals surface area contributed by atoms with Gasteiger partial charge in [0, 0.05) is 34.8 Å². The molecule has 3 aromatic carbocycles. The van der Waals surface area contributed by atoms with Crippen LogP contribution in [0.15, 0.2) is 91.3 Å². The first-order valence-corrected chi connectivity index (χ1v) is 10.2. The number of amides is 1. The topological polar surface area (TPSA) is 79.9 Å². The van der Waals surface area contributed by atoms with Gasteiger partial charge in [0.25, 0.3) is 5.91 Å². The van der Waals surface area contributed by atoms with Crippen LogP contribution in [0.5, 0.6) is 5.75 Å². The van der Waals surface area contributed by atoms with Crippen LogP contribution in [-0.4, -0.2) is 28.0 Å². The molecule has 2 N–H and O–H groups in total. The molecule has 0 aliphatic rings. The lowest BCUT2D eigenvalue weighted by atomic mass is 10.0. The SMILES string of the molecule is COc1ccc(C(=O)Nc2ccc(-c3nc4ccccc4[nH]3)cc2)cc1-c1ccncc1. The van der Waals surface area contributed by atoms with Crippen LogP contribution in [-0.2, 0) is 0 Å². The predicted octanol–water partition coefficient (Wildman–Crippen LogP) is 5.55. The zero-order valence-electron chi connectivity index (χ0n) is 17.4. The van der Waals surface area contributed by atoms with Gasteiger partial charge in [0.2, 0.25) is 0 Å². The van der Waals surface area contributed by atoms with Crippen molar-refractivity contribution in [3.05, 3.63) is 96.8 Å². The lowest BCUT2D eigenvalue weighted by Gasteiger charge is -2.11. The second-order valence-electron chi connectivity index (χ2n) is 7.28. The molecule has 5 rings (SSSR count). The van der Waals surface area contributed by atoms with Gasteiger partial charge in [-0.1, -0.05) is 12.1 Å². The summed E-state index contributed by atoms with van der Waals surface area (Å²) in [6.45, 7) is 0. The van der Waals surface area contributed by atoms with Crippen molar-refractivity contribution in [3.8, 4) is 28.3 Å². The average Bonchev–Trinajstić information content (AvgIpc) is 3.29. The summed E-state index contributed by atoms with van der Waals surface area (Å²) in [6, 6.07) is 24.7. The summed E-state index contributed by atoms with van der Waals surface area (Å²) >= 11 is 0. The van der Waals surface area contributed by atoms with Crippen LogP contribution >= 0.6 is 0 Å². The first-order chi connectivity index (χ1) is 15.7. The second kappa shape index (κ2) is 8.35. The van der Waals surface area contributed by atoms with Gasteiger partial charge in [0.05, 0.1) is 18.1 Å².